The summed E-state index contributed by atoms with van der Waals surface area (Å²) in [5, 5.41) is 3.08. The van der Waals surface area contributed by atoms with Gasteiger partial charge in [-0.3, -0.25) is 9.89 Å². The fourth-order valence-electron chi connectivity index (χ4n) is 3.68. The van der Waals surface area contributed by atoms with Gasteiger partial charge in [-0.2, -0.15) is 0 Å². The number of benzene rings is 2. The maximum atomic E-state index is 6.05. The molecule has 1 fully saturated rings. The van der Waals surface area contributed by atoms with Crippen molar-refractivity contribution >= 4 is 11.6 Å². The van der Waals surface area contributed by atoms with Gasteiger partial charge in [0.25, 0.3) is 0 Å². The summed E-state index contributed by atoms with van der Waals surface area (Å²) in [7, 11) is 3.24. The van der Waals surface area contributed by atoms with Crippen molar-refractivity contribution < 1.29 is 14.2 Å². The number of aliphatic imine (C=N–C) groups is 1. The standard InChI is InChI=1S/C24H34N4O3/c1-29-21-9-10-23(30-2)22(17-21)27-24(25)26-13-6-16-31-20-11-14-28(15-12-20)18-19-7-4-3-5-8-19/h3-5,7-10,17,20H,6,11-16,18H2,1-2H3,(H3,25,26,27). The van der Waals surface area contributed by atoms with Gasteiger partial charge in [0.2, 0.25) is 0 Å². The average Bonchev–Trinajstić information content (AvgIpc) is 2.80. The summed E-state index contributed by atoms with van der Waals surface area (Å²) in [6.45, 7) is 4.49. The second kappa shape index (κ2) is 12.2. The van der Waals surface area contributed by atoms with Crippen LogP contribution in [0.3, 0.4) is 0 Å². The zero-order chi connectivity index (χ0) is 21.9. The number of ether oxygens (including phenoxy) is 3. The number of nitrogens with two attached hydrogens (primary N) is 1. The van der Waals surface area contributed by atoms with Crippen LogP contribution in [0.1, 0.15) is 24.8 Å². The highest BCUT2D eigenvalue weighted by molar-refractivity contribution is 5.94. The molecule has 1 aliphatic heterocycles. The molecule has 1 heterocycles. The molecule has 2 aromatic carbocycles. The van der Waals surface area contributed by atoms with Gasteiger partial charge in [-0.25, -0.2) is 0 Å². The van der Waals surface area contributed by atoms with Gasteiger partial charge in [0, 0.05) is 38.9 Å². The Kier molecular flexibility index (Phi) is 8.99. The summed E-state index contributed by atoms with van der Waals surface area (Å²) in [6, 6.07) is 16.1. The highest BCUT2D eigenvalue weighted by Gasteiger charge is 2.19. The molecule has 168 valence electrons. The lowest BCUT2D eigenvalue weighted by Crippen LogP contribution is -2.36. The number of piperidine rings is 1. The van der Waals surface area contributed by atoms with Gasteiger partial charge in [-0.1, -0.05) is 30.3 Å². The summed E-state index contributed by atoms with van der Waals surface area (Å²) in [5.74, 6) is 1.75. The van der Waals surface area contributed by atoms with Crippen molar-refractivity contribution in [2.45, 2.75) is 31.9 Å². The number of nitrogens with one attached hydrogen (secondary N) is 1. The molecule has 0 amide bonds. The molecule has 3 N–H and O–H groups in total. The number of methoxy groups -OCH3 is 2. The van der Waals surface area contributed by atoms with E-state index in [1.807, 2.05) is 18.2 Å². The number of rotatable bonds is 10. The molecule has 31 heavy (non-hydrogen) atoms. The Labute approximate surface area is 185 Å². The van der Waals surface area contributed by atoms with Gasteiger partial charge in [0.05, 0.1) is 26.0 Å². The van der Waals surface area contributed by atoms with Crippen molar-refractivity contribution in [3.63, 3.8) is 0 Å². The van der Waals surface area contributed by atoms with E-state index in [1.54, 1.807) is 14.2 Å². The molecule has 2 aromatic rings. The number of guanidine groups is 1. The van der Waals surface area contributed by atoms with Gasteiger partial charge >= 0.3 is 0 Å². The van der Waals surface area contributed by atoms with E-state index in [1.165, 1.54) is 5.56 Å². The lowest BCUT2D eigenvalue weighted by atomic mass is 10.1. The minimum absolute atomic E-state index is 0.340. The fraction of sp³-hybridized carbons (Fsp3) is 0.458. The van der Waals surface area contributed by atoms with Gasteiger partial charge in [-0.05, 0) is 37.0 Å². The molecule has 7 heteroatoms. The number of hydrogen-bond donors (Lipinski definition) is 2. The van der Waals surface area contributed by atoms with E-state index in [0.717, 1.165) is 50.3 Å². The third kappa shape index (κ3) is 7.45. The molecule has 1 saturated heterocycles. The van der Waals surface area contributed by atoms with E-state index >= 15 is 0 Å². The Morgan fingerprint density at radius 1 is 1.10 bits per heavy atom. The van der Waals surface area contributed by atoms with Crippen LogP contribution in [0.25, 0.3) is 0 Å². The van der Waals surface area contributed by atoms with E-state index < -0.39 is 0 Å². The Balaban J connectivity index is 1.33. The van der Waals surface area contributed by atoms with E-state index in [0.29, 0.717) is 31.0 Å². The fourth-order valence-corrected chi connectivity index (χ4v) is 3.68. The van der Waals surface area contributed by atoms with E-state index in [9.17, 15) is 0 Å². The molecule has 7 nitrogen and oxygen atoms in total. The topological polar surface area (TPSA) is 81.3 Å². The third-order valence-corrected chi connectivity index (χ3v) is 5.39. The van der Waals surface area contributed by atoms with Gasteiger partial charge in [0.1, 0.15) is 11.5 Å². The Morgan fingerprint density at radius 2 is 1.87 bits per heavy atom. The summed E-state index contributed by atoms with van der Waals surface area (Å²) < 4.78 is 16.6. The summed E-state index contributed by atoms with van der Waals surface area (Å²) in [6.07, 6.45) is 3.33. The van der Waals surface area contributed by atoms with Crippen LogP contribution in [0.15, 0.2) is 53.5 Å². The molecule has 0 atom stereocenters. The van der Waals surface area contributed by atoms with Crippen LogP contribution < -0.4 is 20.5 Å². The Bertz CT molecular complexity index is 821. The normalized spacial score (nSPS) is 15.6. The number of anilines is 1. The van der Waals surface area contributed by atoms with Gasteiger partial charge in [-0.15, -0.1) is 0 Å². The number of likely N-dealkylation sites (tertiary alicyclic amines) is 1. The molecule has 0 bridgehead atoms. The molecule has 0 saturated carbocycles. The zero-order valence-corrected chi connectivity index (χ0v) is 18.5. The van der Waals surface area contributed by atoms with Crippen LogP contribution in [0.2, 0.25) is 0 Å². The van der Waals surface area contributed by atoms with E-state index in [-0.39, 0.29) is 0 Å². The third-order valence-electron chi connectivity index (χ3n) is 5.39. The first kappa shape index (κ1) is 22.9. The quantitative estimate of drug-likeness (QED) is 0.344. The first-order valence-corrected chi connectivity index (χ1v) is 10.8. The lowest BCUT2D eigenvalue weighted by Gasteiger charge is -2.31. The summed E-state index contributed by atoms with van der Waals surface area (Å²) >= 11 is 0. The molecule has 0 aromatic heterocycles. The molecule has 0 radical (unpaired) electrons. The van der Waals surface area contributed by atoms with Crippen molar-refractivity contribution in [1.82, 2.24) is 4.90 Å². The number of nitrogens with zero attached hydrogens (tertiary/aromatic N) is 2. The van der Waals surface area contributed by atoms with Crippen LogP contribution in [-0.2, 0) is 11.3 Å². The molecule has 0 aliphatic carbocycles. The van der Waals surface area contributed by atoms with Crippen molar-refractivity contribution in [3.8, 4) is 11.5 Å². The summed E-state index contributed by atoms with van der Waals surface area (Å²) in [5.41, 5.74) is 8.12. The molecule has 1 aliphatic rings. The Hall–Kier alpha value is -2.77. The van der Waals surface area contributed by atoms with Crippen molar-refractivity contribution in [1.29, 1.82) is 0 Å². The molecule has 3 rings (SSSR count). The first-order chi connectivity index (χ1) is 15.2. The maximum absolute atomic E-state index is 6.05. The minimum Gasteiger partial charge on any atom is -0.497 e. The highest BCUT2D eigenvalue weighted by Crippen LogP contribution is 2.28. The second-order valence-corrected chi connectivity index (χ2v) is 7.64. The van der Waals surface area contributed by atoms with Crippen LogP contribution in [0.4, 0.5) is 5.69 Å². The SMILES string of the molecule is COc1ccc(OC)c(NC(N)=NCCCOC2CCN(Cc3ccccc3)CC2)c1. The van der Waals surface area contributed by atoms with Gasteiger partial charge < -0.3 is 25.3 Å². The predicted molar refractivity (Wildman–Crippen MR) is 125 cm³/mol. The van der Waals surface area contributed by atoms with Crippen molar-refractivity contribution in [3.05, 3.63) is 54.1 Å². The maximum Gasteiger partial charge on any atom is 0.193 e. The smallest absolute Gasteiger partial charge is 0.193 e. The van der Waals surface area contributed by atoms with E-state index in [4.69, 9.17) is 19.9 Å². The molecule has 0 unspecified atom stereocenters. The minimum atomic E-state index is 0.340. The molecular weight excluding hydrogens is 392 g/mol. The summed E-state index contributed by atoms with van der Waals surface area (Å²) in [4.78, 5) is 6.89. The molecular formula is C24H34N4O3. The monoisotopic (exact) mass is 426 g/mol. The van der Waals surface area contributed by atoms with Crippen LogP contribution >= 0.6 is 0 Å². The van der Waals surface area contributed by atoms with Crippen LogP contribution in [0.5, 0.6) is 11.5 Å². The highest BCUT2D eigenvalue weighted by atomic mass is 16.5. The zero-order valence-electron chi connectivity index (χ0n) is 18.5. The number of hydrogen-bond acceptors (Lipinski definition) is 5. The van der Waals surface area contributed by atoms with Crippen molar-refractivity contribution in [2.75, 3.05) is 45.8 Å². The van der Waals surface area contributed by atoms with Crippen LogP contribution in [0, 0.1) is 0 Å². The predicted octanol–water partition coefficient (Wildman–Crippen LogP) is 3.50. The average molecular weight is 427 g/mol. The van der Waals surface area contributed by atoms with Crippen molar-refractivity contribution in [2.24, 2.45) is 10.7 Å². The first-order valence-electron chi connectivity index (χ1n) is 10.8. The largest absolute Gasteiger partial charge is 0.497 e. The van der Waals surface area contributed by atoms with E-state index in [2.05, 4.69) is 45.5 Å². The van der Waals surface area contributed by atoms with Gasteiger partial charge in [0.15, 0.2) is 5.96 Å². The molecule has 0 spiro atoms. The lowest BCUT2D eigenvalue weighted by molar-refractivity contribution is 0.00566. The van der Waals surface area contributed by atoms with Crippen LogP contribution in [-0.4, -0.2) is 57.4 Å². The Morgan fingerprint density at radius 3 is 2.58 bits per heavy atom. The second-order valence-electron chi connectivity index (χ2n) is 7.64.